The Morgan fingerprint density at radius 2 is 1.89 bits per heavy atom. The summed E-state index contributed by atoms with van der Waals surface area (Å²) in [5.41, 5.74) is 1.11. The Hall–Kier alpha value is -1.23. The Kier molecular flexibility index (Phi) is 4.27. The van der Waals surface area contributed by atoms with Crippen LogP contribution >= 0.6 is 0 Å². The lowest BCUT2D eigenvalue weighted by Gasteiger charge is -2.20. The topological polar surface area (TPSA) is 66.4 Å². The zero-order valence-electron chi connectivity index (χ0n) is 11.3. The number of hydrogen-bond acceptors (Lipinski definition) is 3. The van der Waals surface area contributed by atoms with Gasteiger partial charge >= 0.3 is 0 Å². The van der Waals surface area contributed by atoms with Gasteiger partial charge < -0.3 is 5.11 Å². The molecule has 102 valence electrons. The Morgan fingerprint density at radius 1 is 1.28 bits per heavy atom. The number of nitrogens with one attached hydrogen (secondary N) is 1. The van der Waals surface area contributed by atoms with Gasteiger partial charge in [-0.05, 0) is 29.5 Å². The fourth-order valence-electron chi connectivity index (χ4n) is 1.57. The number of benzene rings is 1. The van der Waals surface area contributed by atoms with E-state index in [2.05, 4.69) is 4.72 Å². The maximum atomic E-state index is 11.7. The van der Waals surface area contributed by atoms with Gasteiger partial charge in [0.25, 0.3) is 0 Å². The summed E-state index contributed by atoms with van der Waals surface area (Å²) in [4.78, 5) is 0. The van der Waals surface area contributed by atoms with Gasteiger partial charge in [-0.25, -0.2) is 8.42 Å². The van der Waals surface area contributed by atoms with Gasteiger partial charge in [-0.2, -0.15) is 0 Å². The Balaban J connectivity index is 3.10. The van der Waals surface area contributed by atoms with Gasteiger partial charge in [0, 0.05) is 0 Å². The highest BCUT2D eigenvalue weighted by Crippen LogP contribution is 2.31. The van der Waals surface area contributed by atoms with Crippen LogP contribution in [-0.2, 0) is 15.4 Å². The molecule has 0 aliphatic heterocycles. The molecule has 0 spiro atoms. The van der Waals surface area contributed by atoms with Gasteiger partial charge in [0.2, 0.25) is 10.0 Å². The predicted octanol–water partition coefficient (Wildman–Crippen LogP) is 2.84. The van der Waals surface area contributed by atoms with Gasteiger partial charge in [0.15, 0.2) is 0 Å². The van der Waals surface area contributed by atoms with Crippen LogP contribution in [-0.4, -0.2) is 19.3 Å². The summed E-state index contributed by atoms with van der Waals surface area (Å²) in [5.74, 6) is -0.00527. The van der Waals surface area contributed by atoms with Crippen molar-refractivity contribution < 1.29 is 13.5 Å². The maximum Gasteiger partial charge on any atom is 0.232 e. The quantitative estimate of drug-likeness (QED) is 0.827. The molecule has 0 radical (unpaired) electrons. The van der Waals surface area contributed by atoms with Crippen LogP contribution in [0.3, 0.4) is 0 Å². The van der Waals surface area contributed by atoms with Gasteiger partial charge in [-0.1, -0.05) is 33.8 Å². The van der Waals surface area contributed by atoms with Crippen molar-refractivity contribution in [1.29, 1.82) is 0 Å². The SMILES string of the molecule is CCCS(=O)(=O)Nc1cc(C(C)(C)C)ccc1O. The molecule has 0 saturated heterocycles. The van der Waals surface area contributed by atoms with E-state index in [9.17, 15) is 13.5 Å². The highest BCUT2D eigenvalue weighted by Gasteiger charge is 2.17. The lowest BCUT2D eigenvalue weighted by atomic mass is 9.87. The Morgan fingerprint density at radius 3 is 2.39 bits per heavy atom. The van der Waals surface area contributed by atoms with Crippen LogP contribution in [0.1, 0.15) is 39.7 Å². The molecule has 4 nitrogen and oxygen atoms in total. The minimum Gasteiger partial charge on any atom is -0.506 e. The minimum atomic E-state index is -3.38. The van der Waals surface area contributed by atoms with Crippen molar-refractivity contribution in [2.75, 3.05) is 10.5 Å². The fraction of sp³-hybridized carbons (Fsp3) is 0.538. The second kappa shape index (κ2) is 5.18. The number of sulfonamides is 1. The molecule has 0 atom stereocenters. The first-order valence-corrected chi connectivity index (χ1v) is 7.65. The molecular formula is C13H21NO3S. The van der Waals surface area contributed by atoms with Crippen LogP contribution in [0.5, 0.6) is 5.75 Å². The molecule has 0 bridgehead atoms. The summed E-state index contributed by atoms with van der Waals surface area (Å²) in [5, 5.41) is 9.71. The van der Waals surface area contributed by atoms with Crippen LogP contribution in [0.15, 0.2) is 18.2 Å². The Bertz CT molecular complexity index is 516. The lowest BCUT2D eigenvalue weighted by Crippen LogP contribution is -2.17. The summed E-state index contributed by atoms with van der Waals surface area (Å²) in [7, 11) is -3.38. The third kappa shape index (κ3) is 3.91. The van der Waals surface area contributed by atoms with Crippen molar-refractivity contribution in [1.82, 2.24) is 0 Å². The maximum absolute atomic E-state index is 11.7. The zero-order valence-corrected chi connectivity index (χ0v) is 12.1. The Labute approximate surface area is 109 Å². The smallest absolute Gasteiger partial charge is 0.232 e. The van der Waals surface area contributed by atoms with Crippen molar-refractivity contribution in [3.05, 3.63) is 23.8 Å². The second-order valence-corrected chi connectivity index (χ2v) is 7.24. The molecular weight excluding hydrogens is 250 g/mol. The van der Waals surface area contributed by atoms with E-state index in [0.29, 0.717) is 6.42 Å². The molecule has 5 heteroatoms. The average molecular weight is 271 g/mol. The molecule has 18 heavy (non-hydrogen) atoms. The summed E-state index contributed by atoms with van der Waals surface area (Å²) < 4.78 is 25.8. The van der Waals surface area contributed by atoms with Crippen LogP contribution in [0.2, 0.25) is 0 Å². The first-order valence-electron chi connectivity index (χ1n) is 5.99. The van der Waals surface area contributed by atoms with Gasteiger partial charge in [-0.15, -0.1) is 0 Å². The second-order valence-electron chi connectivity index (χ2n) is 5.40. The molecule has 0 fully saturated rings. The number of anilines is 1. The molecule has 0 unspecified atom stereocenters. The molecule has 1 aromatic rings. The molecule has 2 N–H and O–H groups in total. The summed E-state index contributed by atoms with van der Waals surface area (Å²) in [6.45, 7) is 7.89. The minimum absolute atomic E-state index is 0.0478. The molecule has 0 aliphatic carbocycles. The molecule has 0 aliphatic rings. The number of phenols is 1. The summed E-state index contributed by atoms with van der Waals surface area (Å²) in [6, 6.07) is 5.00. The zero-order chi connectivity index (χ0) is 14.0. The first-order chi connectivity index (χ1) is 8.15. The third-order valence-electron chi connectivity index (χ3n) is 2.60. The van der Waals surface area contributed by atoms with Crippen LogP contribution in [0, 0.1) is 0 Å². The van der Waals surface area contributed by atoms with E-state index in [4.69, 9.17) is 0 Å². The van der Waals surface area contributed by atoms with E-state index in [1.54, 1.807) is 19.1 Å². The van der Waals surface area contributed by atoms with Crippen LogP contribution < -0.4 is 4.72 Å². The van der Waals surface area contributed by atoms with Crippen LogP contribution in [0.25, 0.3) is 0 Å². The average Bonchev–Trinajstić information content (AvgIpc) is 2.19. The van der Waals surface area contributed by atoms with Crippen LogP contribution in [0.4, 0.5) is 5.69 Å². The number of aromatic hydroxyl groups is 1. The van der Waals surface area contributed by atoms with Crippen molar-refractivity contribution in [2.24, 2.45) is 0 Å². The standard InChI is InChI=1S/C13H21NO3S/c1-5-8-18(16,17)14-11-9-10(13(2,3)4)6-7-12(11)15/h6-7,9,14-15H,5,8H2,1-4H3. The van der Waals surface area contributed by atoms with E-state index in [1.165, 1.54) is 6.07 Å². The molecule has 0 heterocycles. The summed E-state index contributed by atoms with van der Waals surface area (Å²) in [6.07, 6.45) is 0.537. The van der Waals surface area contributed by atoms with Crippen molar-refractivity contribution in [3.8, 4) is 5.75 Å². The molecule has 0 aromatic heterocycles. The van der Waals surface area contributed by atoms with E-state index in [1.807, 2.05) is 20.8 Å². The normalized spacial score (nSPS) is 12.4. The molecule has 0 amide bonds. The molecule has 0 saturated carbocycles. The first kappa shape index (κ1) is 14.8. The predicted molar refractivity (Wildman–Crippen MR) is 74.5 cm³/mol. The van der Waals surface area contributed by atoms with Crippen molar-refractivity contribution in [3.63, 3.8) is 0 Å². The van der Waals surface area contributed by atoms with Gasteiger partial charge in [-0.3, -0.25) is 4.72 Å². The fourth-order valence-corrected chi connectivity index (χ4v) is 2.71. The molecule has 1 rings (SSSR count). The summed E-state index contributed by atoms with van der Waals surface area (Å²) >= 11 is 0. The van der Waals surface area contributed by atoms with E-state index < -0.39 is 10.0 Å². The number of phenolic OH excluding ortho intramolecular Hbond substituents is 1. The van der Waals surface area contributed by atoms with E-state index in [-0.39, 0.29) is 22.6 Å². The monoisotopic (exact) mass is 271 g/mol. The van der Waals surface area contributed by atoms with Gasteiger partial charge in [0.1, 0.15) is 5.75 Å². The van der Waals surface area contributed by atoms with Crippen molar-refractivity contribution >= 4 is 15.7 Å². The highest BCUT2D eigenvalue weighted by atomic mass is 32.2. The highest BCUT2D eigenvalue weighted by molar-refractivity contribution is 7.92. The van der Waals surface area contributed by atoms with Gasteiger partial charge in [0.05, 0.1) is 11.4 Å². The number of hydrogen-bond donors (Lipinski definition) is 2. The number of rotatable bonds is 4. The largest absolute Gasteiger partial charge is 0.506 e. The van der Waals surface area contributed by atoms with E-state index in [0.717, 1.165) is 5.56 Å². The van der Waals surface area contributed by atoms with E-state index >= 15 is 0 Å². The molecule has 1 aromatic carbocycles. The van der Waals surface area contributed by atoms with Crippen molar-refractivity contribution in [2.45, 2.75) is 39.5 Å². The third-order valence-corrected chi connectivity index (χ3v) is 4.08. The lowest BCUT2D eigenvalue weighted by molar-refractivity contribution is 0.476.